The maximum atomic E-state index is 11.9. The Labute approximate surface area is 139 Å². The molecule has 0 aliphatic heterocycles. The summed E-state index contributed by atoms with van der Waals surface area (Å²) in [6, 6.07) is 9.63. The fourth-order valence-electron chi connectivity index (χ4n) is 1.99. The number of nitrogens with one attached hydrogen (secondary N) is 2. The number of hydrogen-bond acceptors (Lipinski definition) is 3. The molecule has 0 radical (unpaired) electrons. The van der Waals surface area contributed by atoms with E-state index in [1.54, 1.807) is 12.3 Å². The fraction of sp³-hybridized carbons (Fsp3) is 0.294. The van der Waals surface area contributed by atoms with Crippen LogP contribution in [0, 0.1) is 6.92 Å². The summed E-state index contributed by atoms with van der Waals surface area (Å²) in [4.78, 5) is 16.1. The minimum atomic E-state index is -0.125. The van der Waals surface area contributed by atoms with Gasteiger partial charge in [-0.25, -0.2) is 4.98 Å². The van der Waals surface area contributed by atoms with E-state index < -0.39 is 0 Å². The van der Waals surface area contributed by atoms with E-state index in [4.69, 9.17) is 0 Å². The van der Waals surface area contributed by atoms with Gasteiger partial charge in [0.15, 0.2) is 0 Å². The van der Waals surface area contributed by atoms with Crippen molar-refractivity contribution in [2.45, 2.75) is 26.7 Å². The quantitative estimate of drug-likeness (QED) is 0.748. The number of unbranched alkanes of at least 4 members (excludes halogenated alkanes) is 1. The van der Waals surface area contributed by atoms with E-state index in [-0.39, 0.29) is 5.91 Å². The number of aromatic nitrogens is 1. The number of carbonyl (C=O) groups is 1. The zero-order valence-electron chi connectivity index (χ0n) is 12.8. The molecule has 0 bridgehead atoms. The lowest BCUT2D eigenvalue weighted by molar-refractivity contribution is 0.0948. The summed E-state index contributed by atoms with van der Waals surface area (Å²) in [6.45, 7) is 4.82. The monoisotopic (exact) mass is 361 g/mol. The number of anilines is 2. The predicted octanol–water partition coefficient (Wildman–Crippen LogP) is 4.43. The van der Waals surface area contributed by atoms with Crippen LogP contribution in [0.25, 0.3) is 0 Å². The van der Waals surface area contributed by atoms with Crippen molar-refractivity contribution in [3.05, 3.63) is 52.3 Å². The lowest BCUT2D eigenvalue weighted by atomic mass is 10.2. The Morgan fingerprint density at radius 2 is 2.09 bits per heavy atom. The average molecular weight is 362 g/mol. The molecule has 0 saturated carbocycles. The van der Waals surface area contributed by atoms with Gasteiger partial charge in [0.2, 0.25) is 0 Å². The molecule has 2 aromatic rings. The van der Waals surface area contributed by atoms with Crippen molar-refractivity contribution in [3.63, 3.8) is 0 Å². The molecule has 0 saturated heterocycles. The number of hydrogen-bond donors (Lipinski definition) is 2. The fourth-order valence-corrected chi connectivity index (χ4v) is 2.47. The second-order valence-electron chi connectivity index (χ2n) is 5.13. The Morgan fingerprint density at radius 3 is 2.73 bits per heavy atom. The smallest absolute Gasteiger partial charge is 0.269 e. The third-order valence-corrected chi connectivity index (χ3v) is 3.77. The van der Waals surface area contributed by atoms with Gasteiger partial charge in [0.05, 0.1) is 11.9 Å². The van der Waals surface area contributed by atoms with Crippen LogP contribution < -0.4 is 10.6 Å². The number of rotatable bonds is 6. The molecular weight excluding hydrogens is 342 g/mol. The number of pyridine rings is 1. The second-order valence-corrected chi connectivity index (χ2v) is 6.04. The first-order chi connectivity index (χ1) is 10.6. The van der Waals surface area contributed by atoms with Gasteiger partial charge < -0.3 is 10.6 Å². The van der Waals surface area contributed by atoms with Crippen molar-refractivity contribution in [2.75, 3.05) is 11.9 Å². The van der Waals surface area contributed by atoms with Crippen molar-refractivity contribution in [1.82, 2.24) is 10.3 Å². The van der Waals surface area contributed by atoms with Gasteiger partial charge in [-0.1, -0.05) is 29.3 Å². The minimum absolute atomic E-state index is 0.125. The summed E-state index contributed by atoms with van der Waals surface area (Å²) < 4.78 is 1.05. The molecular formula is C17H20BrN3O. The average Bonchev–Trinajstić information content (AvgIpc) is 2.51. The van der Waals surface area contributed by atoms with Gasteiger partial charge in [-0.2, -0.15) is 0 Å². The highest BCUT2D eigenvalue weighted by molar-refractivity contribution is 9.10. The molecule has 0 aliphatic rings. The predicted molar refractivity (Wildman–Crippen MR) is 93.6 cm³/mol. The SMILES string of the molecule is CCCCNC(=O)c1ccc(Nc2ccc(Br)cc2C)cn1. The summed E-state index contributed by atoms with van der Waals surface area (Å²) >= 11 is 3.45. The molecule has 116 valence electrons. The van der Waals surface area contributed by atoms with E-state index in [0.717, 1.165) is 34.3 Å². The summed E-state index contributed by atoms with van der Waals surface area (Å²) in [7, 11) is 0. The van der Waals surface area contributed by atoms with E-state index in [1.807, 2.05) is 31.2 Å². The molecule has 1 heterocycles. The third-order valence-electron chi connectivity index (χ3n) is 3.28. The molecule has 5 heteroatoms. The molecule has 22 heavy (non-hydrogen) atoms. The zero-order valence-corrected chi connectivity index (χ0v) is 14.4. The van der Waals surface area contributed by atoms with Crippen LogP contribution in [-0.2, 0) is 0 Å². The van der Waals surface area contributed by atoms with E-state index in [9.17, 15) is 4.79 Å². The maximum Gasteiger partial charge on any atom is 0.269 e. The van der Waals surface area contributed by atoms with Crippen molar-refractivity contribution < 1.29 is 4.79 Å². The summed E-state index contributed by atoms with van der Waals surface area (Å²) in [6.07, 6.45) is 3.72. The standard InChI is InChI=1S/C17H20BrN3O/c1-3-4-9-19-17(22)16-8-6-14(11-20-16)21-15-7-5-13(18)10-12(15)2/h5-8,10-11,21H,3-4,9H2,1-2H3,(H,19,22). The first-order valence-electron chi connectivity index (χ1n) is 7.37. The van der Waals surface area contributed by atoms with Gasteiger partial charge in [0.25, 0.3) is 5.91 Å². The summed E-state index contributed by atoms with van der Waals surface area (Å²) in [5.74, 6) is -0.125. The van der Waals surface area contributed by atoms with Gasteiger partial charge in [-0.05, 0) is 49.2 Å². The van der Waals surface area contributed by atoms with E-state index in [2.05, 4.69) is 38.5 Å². The summed E-state index contributed by atoms with van der Waals surface area (Å²) in [5.41, 5.74) is 3.45. The lowest BCUT2D eigenvalue weighted by Gasteiger charge is -2.10. The van der Waals surface area contributed by atoms with E-state index >= 15 is 0 Å². The van der Waals surface area contributed by atoms with Crippen molar-refractivity contribution in [2.24, 2.45) is 0 Å². The Hall–Kier alpha value is -1.88. The highest BCUT2D eigenvalue weighted by Gasteiger charge is 2.06. The minimum Gasteiger partial charge on any atom is -0.354 e. The summed E-state index contributed by atoms with van der Waals surface area (Å²) in [5, 5.41) is 6.16. The molecule has 1 aromatic heterocycles. The van der Waals surface area contributed by atoms with Crippen LogP contribution >= 0.6 is 15.9 Å². The highest BCUT2D eigenvalue weighted by atomic mass is 79.9. The first-order valence-corrected chi connectivity index (χ1v) is 8.17. The van der Waals surface area contributed by atoms with Crippen LogP contribution in [0.1, 0.15) is 35.8 Å². The molecule has 0 unspecified atom stereocenters. The highest BCUT2D eigenvalue weighted by Crippen LogP contribution is 2.23. The largest absolute Gasteiger partial charge is 0.354 e. The van der Waals surface area contributed by atoms with Crippen LogP contribution in [-0.4, -0.2) is 17.4 Å². The molecule has 0 spiro atoms. The third kappa shape index (κ3) is 4.56. The number of amides is 1. The Kier molecular flexibility index (Phi) is 5.95. The van der Waals surface area contributed by atoms with Gasteiger partial charge in [-0.15, -0.1) is 0 Å². The molecule has 2 N–H and O–H groups in total. The van der Waals surface area contributed by atoms with Crippen LogP contribution in [0.3, 0.4) is 0 Å². The van der Waals surface area contributed by atoms with Crippen molar-refractivity contribution in [1.29, 1.82) is 0 Å². The number of carbonyl (C=O) groups excluding carboxylic acids is 1. The van der Waals surface area contributed by atoms with Crippen LogP contribution in [0.2, 0.25) is 0 Å². The normalized spacial score (nSPS) is 10.3. The van der Waals surface area contributed by atoms with Crippen molar-refractivity contribution in [3.8, 4) is 0 Å². The zero-order chi connectivity index (χ0) is 15.9. The first kappa shape index (κ1) is 16.5. The molecule has 0 aliphatic carbocycles. The van der Waals surface area contributed by atoms with E-state index in [1.165, 1.54) is 0 Å². The Balaban J connectivity index is 2.01. The van der Waals surface area contributed by atoms with Gasteiger partial charge in [0, 0.05) is 16.7 Å². The molecule has 1 amide bonds. The van der Waals surface area contributed by atoms with Crippen LogP contribution in [0.5, 0.6) is 0 Å². The molecule has 2 rings (SSSR count). The topological polar surface area (TPSA) is 54.0 Å². The lowest BCUT2D eigenvalue weighted by Crippen LogP contribution is -2.25. The van der Waals surface area contributed by atoms with E-state index in [0.29, 0.717) is 12.2 Å². The number of aryl methyl sites for hydroxylation is 1. The van der Waals surface area contributed by atoms with Gasteiger partial charge in [-0.3, -0.25) is 4.79 Å². The van der Waals surface area contributed by atoms with Gasteiger partial charge >= 0.3 is 0 Å². The molecule has 4 nitrogen and oxygen atoms in total. The number of nitrogens with zero attached hydrogens (tertiary/aromatic N) is 1. The Morgan fingerprint density at radius 1 is 1.27 bits per heavy atom. The number of halogens is 1. The van der Waals surface area contributed by atoms with Crippen LogP contribution in [0.15, 0.2) is 41.0 Å². The van der Waals surface area contributed by atoms with Crippen molar-refractivity contribution >= 4 is 33.2 Å². The molecule has 0 fully saturated rings. The second kappa shape index (κ2) is 7.94. The molecule has 0 atom stereocenters. The number of benzene rings is 1. The maximum absolute atomic E-state index is 11.9. The van der Waals surface area contributed by atoms with Crippen LogP contribution in [0.4, 0.5) is 11.4 Å². The molecule has 1 aromatic carbocycles. The Bertz CT molecular complexity index is 641. The van der Waals surface area contributed by atoms with Gasteiger partial charge in [0.1, 0.15) is 5.69 Å².